The lowest BCUT2D eigenvalue weighted by Gasteiger charge is -2.18. The fraction of sp³-hybridized carbons (Fsp3) is 0.217. The van der Waals surface area contributed by atoms with Crippen LogP contribution < -0.4 is 10.3 Å². The van der Waals surface area contributed by atoms with E-state index in [0.717, 1.165) is 23.9 Å². The van der Waals surface area contributed by atoms with Crippen molar-refractivity contribution in [1.29, 1.82) is 0 Å². The Bertz CT molecular complexity index is 1370. The van der Waals surface area contributed by atoms with Crippen LogP contribution in [0, 0.1) is 0 Å². The lowest BCUT2D eigenvalue weighted by Crippen LogP contribution is -2.19. The van der Waals surface area contributed by atoms with Gasteiger partial charge in [-0.15, -0.1) is 11.8 Å². The van der Waals surface area contributed by atoms with Gasteiger partial charge in [-0.3, -0.25) is 4.79 Å². The van der Waals surface area contributed by atoms with Crippen LogP contribution in [0.4, 0.5) is 13.2 Å². The molecule has 6 nitrogen and oxygen atoms in total. The third kappa shape index (κ3) is 5.08. The van der Waals surface area contributed by atoms with Crippen LogP contribution in [0.1, 0.15) is 5.56 Å². The standard InChI is InChI=1S/C23H19ClF3N3O3S/c1-33-19-5-3-14(24)9-17(19)20-16-8-13(23(25,26)27)2-4-18(16)29-22(32)21(20)34-11-15(31)10-30-7-6-28-12-30/h2-9,12,15,31H,10-11H2,1H3,(H,29,32). The average molecular weight is 510 g/mol. The molecule has 0 amide bonds. The number of aliphatic hydroxyl groups excluding tert-OH is 1. The molecule has 0 bridgehead atoms. The molecule has 0 aliphatic heterocycles. The molecule has 0 radical (unpaired) electrons. The van der Waals surface area contributed by atoms with Crippen LogP contribution in [0.2, 0.25) is 5.02 Å². The number of hydrogen-bond acceptors (Lipinski definition) is 5. The third-order valence-electron chi connectivity index (χ3n) is 5.13. The second-order valence-electron chi connectivity index (χ2n) is 7.49. The number of H-pyrrole nitrogens is 1. The number of benzene rings is 2. The minimum absolute atomic E-state index is 0.113. The van der Waals surface area contributed by atoms with Gasteiger partial charge in [-0.2, -0.15) is 13.2 Å². The van der Waals surface area contributed by atoms with Crippen LogP contribution in [-0.2, 0) is 12.7 Å². The molecule has 4 rings (SSSR count). The van der Waals surface area contributed by atoms with E-state index >= 15 is 0 Å². The number of nitrogens with zero attached hydrogens (tertiary/aromatic N) is 2. The molecule has 34 heavy (non-hydrogen) atoms. The summed E-state index contributed by atoms with van der Waals surface area (Å²) >= 11 is 7.25. The number of rotatable bonds is 7. The Labute approximate surface area is 201 Å². The van der Waals surface area contributed by atoms with Gasteiger partial charge in [0.25, 0.3) is 5.56 Å². The summed E-state index contributed by atoms with van der Waals surface area (Å²) < 4.78 is 47.6. The lowest BCUT2D eigenvalue weighted by atomic mass is 9.98. The minimum atomic E-state index is -4.58. The zero-order chi connectivity index (χ0) is 24.5. The molecule has 0 aliphatic rings. The van der Waals surface area contributed by atoms with Crippen molar-refractivity contribution in [2.75, 3.05) is 12.9 Å². The molecule has 178 valence electrons. The largest absolute Gasteiger partial charge is 0.496 e. The van der Waals surface area contributed by atoms with Gasteiger partial charge in [-0.05, 0) is 36.4 Å². The molecular weight excluding hydrogens is 491 g/mol. The number of aromatic nitrogens is 3. The Morgan fingerprint density at radius 3 is 2.74 bits per heavy atom. The highest BCUT2D eigenvalue weighted by atomic mass is 35.5. The molecule has 1 unspecified atom stereocenters. The summed E-state index contributed by atoms with van der Waals surface area (Å²) in [6, 6.07) is 7.85. The maximum Gasteiger partial charge on any atom is 0.416 e. The van der Waals surface area contributed by atoms with Crippen LogP contribution in [0.15, 0.2) is 64.8 Å². The van der Waals surface area contributed by atoms with Crippen LogP contribution >= 0.6 is 23.4 Å². The molecule has 0 fully saturated rings. The average Bonchev–Trinajstić information content (AvgIpc) is 3.29. The molecule has 1 atom stereocenters. The molecule has 2 N–H and O–H groups in total. The highest BCUT2D eigenvalue weighted by Gasteiger charge is 2.31. The summed E-state index contributed by atoms with van der Waals surface area (Å²) in [4.78, 5) is 19.8. The van der Waals surface area contributed by atoms with Gasteiger partial charge >= 0.3 is 6.18 Å². The number of thioether (sulfide) groups is 1. The van der Waals surface area contributed by atoms with E-state index in [4.69, 9.17) is 16.3 Å². The van der Waals surface area contributed by atoms with Crippen LogP contribution in [-0.4, -0.2) is 38.6 Å². The zero-order valence-electron chi connectivity index (χ0n) is 17.8. The van der Waals surface area contributed by atoms with Gasteiger partial charge in [0.2, 0.25) is 0 Å². The number of fused-ring (bicyclic) bond motifs is 1. The predicted molar refractivity (Wildman–Crippen MR) is 126 cm³/mol. The van der Waals surface area contributed by atoms with Gasteiger partial charge < -0.3 is 19.4 Å². The molecule has 2 aromatic carbocycles. The molecule has 11 heteroatoms. The first-order chi connectivity index (χ1) is 16.2. The number of nitrogens with one attached hydrogen (secondary N) is 1. The van der Waals surface area contributed by atoms with Crippen molar-refractivity contribution in [3.63, 3.8) is 0 Å². The summed E-state index contributed by atoms with van der Waals surface area (Å²) in [6.07, 6.45) is -0.593. The molecule has 0 aliphatic carbocycles. The number of hydrogen-bond donors (Lipinski definition) is 2. The van der Waals surface area contributed by atoms with Crippen molar-refractivity contribution >= 4 is 34.3 Å². The monoisotopic (exact) mass is 509 g/mol. The first kappa shape index (κ1) is 24.2. The Kier molecular flexibility index (Phi) is 6.92. The fourth-order valence-corrected chi connectivity index (χ4v) is 4.79. The molecule has 0 spiro atoms. The van der Waals surface area contributed by atoms with E-state index in [1.54, 1.807) is 41.5 Å². The lowest BCUT2D eigenvalue weighted by molar-refractivity contribution is -0.137. The van der Waals surface area contributed by atoms with Gasteiger partial charge in [0.05, 0.1) is 36.5 Å². The minimum Gasteiger partial charge on any atom is -0.496 e. The van der Waals surface area contributed by atoms with Gasteiger partial charge in [0.15, 0.2) is 0 Å². The van der Waals surface area contributed by atoms with Gasteiger partial charge in [0.1, 0.15) is 5.75 Å². The van der Waals surface area contributed by atoms with E-state index in [1.165, 1.54) is 13.2 Å². The fourth-order valence-electron chi connectivity index (χ4n) is 3.60. The summed E-state index contributed by atoms with van der Waals surface area (Å²) in [6.45, 7) is 0.243. The van der Waals surface area contributed by atoms with Gasteiger partial charge in [-0.1, -0.05) is 11.6 Å². The van der Waals surface area contributed by atoms with Crippen LogP contribution in [0.5, 0.6) is 5.75 Å². The topological polar surface area (TPSA) is 80.1 Å². The molecule has 2 aromatic heterocycles. The predicted octanol–water partition coefficient (Wildman–Crippen LogP) is 5.23. The smallest absolute Gasteiger partial charge is 0.416 e. The van der Waals surface area contributed by atoms with Crippen LogP contribution in [0.25, 0.3) is 22.0 Å². The summed E-state index contributed by atoms with van der Waals surface area (Å²) in [7, 11) is 1.42. The Morgan fingerprint density at radius 2 is 2.06 bits per heavy atom. The molecular formula is C23H19ClF3N3O3S. The van der Waals surface area contributed by atoms with Crippen molar-refractivity contribution < 1.29 is 23.0 Å². The second kappa shape index (κ2) is 9.73. The number of halogens is 4. The summed E-state index contributed by atoms with van der Waals surface area (Å²) in [5.74, 6) is 0.455. The normalized spacial score (nSPS) is 12.8. The number of pyridine rings is 1. The molecule has 0 saturated carbocycles. The van der Waals surface area contributed by atoms with E-state index in [-0.39, 0.29) is 33.7 Å². The van der Waals surface area contributed by atoms with E-state index in [1.807, 2.05) is 0 Å². The summed E-state index contributed by atoms with van der Waals surface area (Å²) in [5, 5.41) is 11.0. The maximum atomic E-state index is 13.5. The number of methoxy groups -OCH3 is 1. The second-order valence-corrected chi connectivity index (χ2v) is 8.95. The number of ether oxygens (including phenoxy) is 1. The third-order valence-corrected chi connectivity index (χ3v) is 6.59. The first-order valence-corrected chi connectivity index (χ1v) is 11.4. The van der Waals surface area contributed by atoms with Crippen molar-refractivity contribution in [3.05, 3.63) is 76.1 Å². The number of aliphatic hydroxyl groups is 1. The Hall–Kier alpha value is -2.95. The van der Waals surface area contributed by atoms with Crippen molar-refractivity contribution in [1.82, 2.24) is 14.5 Å². The van der Waals surface area contributed by atoms with Crippen molar-refractivity contribution in [3.8, 4) is 16.9 Å². The van der Waals surface area contributed by atoms with E-state index in [0.29, 0.717) is 16.3 Å². The van der Waals surface area contributed by atoms with Gasteiger partial charge in [0, 0.05) is 45.2 Å². The van der Waals surface area contributed by atoms with Crippen molar-refractivity contribution in [2.24, 2.45) is 0 Å². The maximum absolute atomic E-state index is 13.5. The highest BCUT2D eigenvalue weighted by molar-refractivity contribution is 7.99. The summed E-state index contributed by atoms with van der Waals surface area (Å²) in [5.41, 5.74) is -0.492. The van der Waals surface area contributed by atoms with E-state index < -0.39 is 23.4 Å². The first-order valence-electron chi connectivity index (χ1n) is 10.0. The highest BCUT2D eigenvalue weighted by Crippen LogP contribution is 2.42. The number of aromatic amines is 1. The molecule has 4 aromatic rings. The number of imidazole rings is 1. The Balaban J connectivity index is 1.88. The quantitative estimate of drug-likeness (QED) is 0.334. The molecule has 2 heterocycles. The van der Waals surface area contributed by atoms with Gasteiger partial charge in [-0.25, -0.2) is 4.98 Å². The SMILES string of the molecule is COc1ccc(Cl)cc1-c1c(SCC(O)Cn2ccnc2)c(=O)[nH]c2ccc(C(F)(F)F)cc12. The Morgan fingerprint density at radius 1 is 1.26 bits per heavy atom. The zero-order valence-corrected chi connectivity index (χ0v) is 19.3. The van der Waals surface area contributed by atoms with E-state index in [9.17, 15) is 23.1 Å². The van der Waals surface area contributed by atoms with Crippen molar-refractivity contribution in [2.45, 2.75) is 23.7 Å². The van der Waals surface area contributed by atoms with Crippen LogP contribution in [0.3, 0.4) is 0 Å². The number of alkyl halides is 3. The van der Waals surface area contributed by atoms with E-state index in [2.05, 4.69) is 9.97 Å². The molecule has 0 saturated heterocycles.